The molecule has 0 aliphatic heterocycles. The van der Waals surface area contributed by atoms with Crippen molar-refractivity contribution in [2.24, 2.45) is 0 Å². The maximum absolute atomic E-state index is 12.1. The monoisotopic (exact) mass is 360 g/mol. The van der Waals surface area contributed by atoms with Crippen LogP contribution in [0.15, 0.2) is 16.7 Å². The molecule has 0 aliphatic rings. The zero-order valence-electron chi connectivity index (χ0n) is 11.5. The van der Waals surface area contributed by atoms with Gasteiger partial charge in [-0.2, -0.15) is 0 Å². The lowest BCUT2D eigenvalue weighted by Gasteiger charge is -2.14. The van der Waals surface area contributed by atoms with Crippen LogP contribution in [-0.4, -0.2) is 38.7 Å². The van der Waals surface area contributed by atoms with E-state index in [4.69, 9.17) is 10.2 Å². The van der Waals surface area contributed by atoms with E-state index in [2.05, 4.69) is 21.2 Å². The van der Waals surface area contributed by atoms with E-state index in [0.717, 1.165) is 10.9 Å². The number of carbonyl (C=O) groups excluding carboxylic acids is 1. The van der Waals surface area contributed by atoms with Crippen molar-refractivity contribution in [3.8, 4) is 0 Å². The van der Waals surface area contributed by atoms with Gasteiger partial charge >= 0.3 is 11.9 Å². The Morgan fingerprint density at radius 3 is 2.57 bits per heavy atom. The Morgan fingerprint density at radius 2 is 2.05 bits per heavy atom. The molecule has 7 nitrogen and oxygen atoms in total. The fourth-order valence-electron chi connectivity index (χ4n) is 1.85. The van der Waals surface area contributed by atoms with Gasteiger partial charge in [-0.15, -0.1) is 0 Å². The molecule has 0 saturated carbocycles. The van der Waals surface area contributed by atoms with Crippen molar-refractivity contribution in [3.63, 3.8) is 0 Å². The summed E-state index contributed by atoms with van der Waals surface area (Å²) in [6.07, 6.45) is 2.08. The van der Waals surface area contributed by atoms with Crippen LogP contribution < -0.4 is 5.32 Å². The molecule has 116 valence electrons. The van der Waals surface area contributed by atoms with Crippen LogP contribution in [0.1, 0.15) is 36.7 Å². The van der Waals surface area contributed by atoms with Gasteiger partial charge in [-0.3, -0.25) is 9.59 Å². The minimum Gasteiger partial charge on any atom is -0.481 e. The molecule has 1 aromatic rings. The summed E-state index contributed by atoms with van der Waals surface area (Å²) in [5.41, 5.74) is 0.338. The molecule has 0 fully saturated rings. The van der Waals surface area contributed by atoms with Gasteiger partial charge in [0.2, 0.25) is 0 Å². The number of hydrogen-bond acceptors (Lipinski definition) is 3. The van der Waals surface area contributed by atoms with Crippen molar-refractivity contribution in [1.82, 2.24) is 9.88 Å². The quantitative estimate of drug-likeness (QED) is 0.653. The van der Waals surface area contributed by atoms with Crippen LogP contribution in [0, 0.1) is 0 Å². The van der Waals surface area contributed by atoms with Crippen molar-refractivity contribution in [2.45, 2.75) is 38.8 Å². The molecule has 0 saturated heterocycles. The number of carboxylic acid groups (broad SMARTS) is 2. The van der Waals surface area contributed by atoms with Crippen molar-refractivity contribution < 1.29 is 24.6 Å². The lowest BCUT2D eigenvalue weighted by Crippen LogP contribution is -2.41. The van der Waals surface area contributed by atoms with Gasteiger partial charge in [0.25, 0.3) is 5.91 Å². The Morgan fingerprint density at radius 1 is 1.38 bits per heavy atom. The standard InChI is InChI=1S/C13H17BrN2O5/c1-2-5-16-7-8(14)6-10(16)12(19)15-9(13(20)21)3-4-11(17)18/h6-7,9H,2-5H2,1H3,(H,15,19)(H,17,18)(H,20,21). The molecule has 0 aromatic carbocycles. The van der Waals surface area contributed by atoms with E-state index in [-0.39, 0.29) is 12.8 Å². The number of aromatic nitrogens is 1. The average molecular weight is 361 g/mol. The van der Waals surface area contributed by atoms with Crippen molar-refractivity contribution in [1.29, 1.82) is 0 Å². The number of carboxylic acids is 2. The lowest BCUT2D eigenvalue weighted by atomic mass is 10.1. The maximum atomic E-state index is 12.1. The zero-order valence-corrected chi connectivity index (χ0v) is 13.1. The van der Waals surface area contributed by atoms with E-state index in [9.17, 15) is 14.4 Å². The highest BCUT2D eigenvalue weighted by atomic mass is 79.9. The molecule has 1 aromatic heterocycles. The van der Waals surface area contributed by atoms with E-state index in [0.29, 0.717) is 12.2 Å². The highest BCUT2D eigenvalue weighted by Gasteiger charge is 2.23. The molecule has 21 heavy (non-hydrogen) atoms. The Hall–Kier alpha value is -1.83. The van der Waals surface area contributed by atoms with Crippen LogP contribution in [0.25, 0.3) is 0 Å². The summed E-state index contributed by atoms with van der Waals surface area (Å²) < 4.78 is 2.44. The van der Waals surface area contributed by atoms with E-state index >= 15 is 0 Å². The third-order valence-electron chi connectivity index (χ3n) is 2.81. The SMILES string of the molecule is CCCn1cc(Br)cc1C(=O)NC(CCC(=O)O)C(=O)O. The molecule has 0 bridgehead atoms. The van der Waals surface area contributed by atoms with Crippen LogP contribution in [0.3, 0.4) is 0 Å². The zero-order chi connectivity index (χ0) is 16.0. The van der Waals surface area contributed by atoms with Crippen LogP contribution in [0.2, 0.25) is 0 Å². The maximum Gasteiger partial charge on any atom is 0.326 e. The minimum absolute atomic E-state index is 0.161. The molecular weight excluding hydrogens is 344 g/mol. The molecule has 1 unspecified atom stereocenters. The highest BCUT2D eigenvalue weighted by Crippen LogP contribution is 2.16. The molecular formula is C13H17BrN2O5. The number of amides is 1. The fraction of sp³-hybridized carbons (Fsp3) is 0.462. The van der Waals surface area contributed by atoms with E-state index in [1.165, 1.54) is 0 Å². The summed E-state index contributed by atoms with van der Waals surface area (Å²) >= 11 is 3.27. The predicted octanol–water partition coefficient (Wildman–Crippen LogP) is 1.71. The van der Waals surface area contributed by atoms with Gasteiger partial charge in [-0.05, 0) is 34.8 Å². The second kappa shape index (κ2) is 7.82. The first-order valence-corrected chi connectivity index (χ1v) is 7.25. The first-order valence-electron chi connectivity index (χ1n) is 6.46. The summed E-state index contributed by atoms with van der Waals surface area (Å²) in [6, 6.07) is 0.374. The molecule has 0 radical (unpaired) electrons. The number of aryl methyl sites for hydroxylation is 1. The molecule has 1 amide bonds. The van der Waals surface area contributed by atoms with Gasteiger partial charge < -0.3 is 20.1 Å². The average Bonchev–Trinajstić information content (AvgIpc) is 2.75. The fourth-order valence-corrected chi connectivity index (χ4v) is 2.31. The lowest BCUT2D eigenvalue weighted by molar-refractivity contribution is -0.140. The Bertz CT molecular complexity index is 541. The number of hydrogen-bond donors (Lipinski definition) is 3. The highest BCUT2D eigenvalue weighted by molar-refractivity contribution is 9.10. The van der Waals surface area contributed by atoms with E-state index < -0.39 is 23.9 Å². The van der Waals surface area contributed by atoms with Crippen molar-refractivity contribution in [3.05, 3.63) is 22.4 Å². The third-order valence-corrected chi connectivity index (χ3v) is 3.24. The number of nitrogens with one attached hydrogen (secondary N) is 1. The van der Waals surface area contributed by atoms with Gasteiger partial charge in [-0.25, -0.2) is 4.79 Å². The Labute approximate surface area is 130 Å². The summed E-state index contributed by atoms with van der Waals surface area (Å²) in [6.45, 7) is 2.59. The first kappa shape index (κ1) is 17.2. The largest absolute Gasteiger partial charge is 0.481 e. The number of carbonyl (C=O) groups is 3. The predicted molar refractivity (Wildman–Crippen MR) is 78.2 cm³/mol. The molecule has 1 heterocycles. The van der Waals surface area contributed by atoms with Gasteiger partial charge in [0, 0.05) is 23.6 Å². The minimum atomic E-state index is -1.25. The van der Waals surface area contributed by atoms with Gasteiger partial charge in [0.15, 0.2) is 0 Å². The topological polar surface area (TPSA) is 109 Å². The second-order valence-corrected chi connectivity index (χ2v) is 5.45. The van der Waals surface area contributed by atoms with Gasteiger partial charge in [-0.1, -0.05) is 6.92 Å². The van der Waals surface area contributed by atoms with E-state index in [1.54, 1.807) is 16.8 Å². The van der Waals surface area contributed by atoms with Crippen LogP contribution in [0.4, 0.5) is 0 Å². The van der Waals surface area contributed by atoms with Crippen LogP contribution in [-0.2, 0) is 16.1 Å². The molecule has 0 aliphatic carbocycles. The number of halogens is 1. The molecule has 8 heteroatoms. The third kappa shape index (κ3) is 5.22. The molecule has 1 rings (SSSR count). The van der Waals surface area contributed by atoms with Crippen molar-refractivity contribution in [2.75, 3.05) is 0 Å². The number of aliphatic carboxylic acids is 2. The second-order valence-electron chi connectivity index (χ2n) is 4.53. The first-order chi connectivity index (χ1) is 9.85. The summed E-state index contributed by atoms with van der Waals surface area (Å²) in [5.74, 6) is -2.89. The molecule has 1 atom stereocenters. The van der Waals surface area contributed by atoms with Crippen molar-refractivity contribution >= 4 is 33.8 Å². The summed E-state index contributed by atoms with van der Waals surface area (Å²) in [7, 11) is 0. The smallest absolute Gasteiger partial charge is 0.326 e. The van der Waals surface area contributed by atoms with Gasteiger partial charge in [0.05, 0.1) is 0 Å². The summed E-state index contributed by atoms with van der Waals surface area (Å²) in [5, 5.41) is 20.0. The Kier molecular flexibility index (Phi) is 6.41. The summed E-state index contributed by atoms with van der Waals surface area (Å²) in [4.78, 5) is 33.7. The van der Waals surface area contributed by atoms with E-state index in [1.807, 2.05) is 6.92 Å². The number of rotatable bonds is 8. The van der Waals surface area contributed by atoms with Gasteiger partial charge in [0.1, 0.15) is 11.7 Å². The van der Waals surface area contributed by atoms with Crippen LogP contribution >= 0.6 is 15.9 Å². The molecule has 3 N–H and O–H groups in total. The van der Waals surface area contributed by atoms with Crippen LogP contribution in [0.5, 0.6) is 0 Å². The Balaban J connectivity index is 2.81. The molecule has 0 spiro atoms. The number of nitrogens with zero attached hydrogens (tertiary/aromatic N) is 1. The normalized spacial score (nSPS) is 11.9.